The molecule has 0 aromatic heterocycles. The smallest absolute Gasteiger partial charge is 0.226 e. The van der Waals surface area contributed by atoms with Crippen LogP contribution in [-0.4, -0.2) is 36.6 Å². The molecule has 2 saturated carbocycles. The zero-order valence-electron chi connectivity index (χ0n) is 12.7. The second-order valence-electron chi connectivity index (χ2n) is 6.96. The SMILES string of the molecule is O=C([C@@H]1C[C@@H]1c1cccc(Cl)c1)N(C[C@@H]1CCOC1)C1CC1. The van der Waals surface area contributed by atoms with Gasteiger partial charge in [0.1, 0.15) is 0 Å². The van der Waals surface area contributed by atoms with Crippen molar-refractivity contribution in [1.82, 2.24) is 4.90 Å². The number of rotatable bonds is 5. The average Bonchev–Trinajstić information content (AvgIpc) is 3.43. The van der Waals surface area contributed by atoms with E-state index >= 15 is 0 Å². The number of carbonyl (C=O) groups is 1. The van der Waals surface area contributed by atoms with Gasteiger partial charge in [-0.1, -0.05) is 23.7 Å². The van der Waals surface area contributed by atoms with Crippen molar-refractivity contribution >= 4 is 17.5 Å². The van der Waals surface area contributed by atoms with E-state index in [0.717, 1.165) is 37.6 Å². The number of benzene rings is 1. The van der Waals surface area contributed by atoms with Crippen LogP contribution in [0.4, 0.5) is 0 Å². The van der Waals surface area contributed by atoms with Crippen LogP contribution < -0.4 is 0 Å². The monoisotopic (exact) mass is 319 g/mol. The van der Waals surface area contributed by atoms with E-state index in [1.54, 1.807) is 0 Å². The second-order valence-corrected chi connectivity index (χ2v) is 7.39. The van der Waals surface area contributed by atoms with Crippen LogP contribution in [0, 0.1) is 11.8 Å². The van der Waals surface area contributed by atoms with Crippen molar-refractivity contribution in [3.63, 3.8) is 0 Å². The molecule has 22 heavy (non-hydrogen) atoms. The van der Waals surface area contributed by atoms with Crippen molar-refractivity contribution in [1.29, 1.82) is 0 Å². The minimum absolute atomic E-state index is 0.168. The molecular formula is C18H22ClNO2. The van der Waals surface area contributed by atoms with E-state index in [4.69, 9.17) is 16.3 Å². The molecule has 118 valence electrons. The summed E-state index contributed by atoms with van der Waals surface area (Å²) in [4.78, 5) is 15.1. The predicted octanol–water partition coefficient (Wildman–Crippen LogP) is 3.47. The molecule has 3 fully saturated rings. The summed E-state index contributed by atoms with van der Waals surface area (Å²) in [6.07, 6.45) is 4.42. The molecule has 3 atom stereocenters. The summed E-state index contributed by atoms with van der Waals surface area (Å²) >= 11 is 6.07. The Morgan fingerprint density at radius 3 is 2.86 bits per heavy atom. The molecule has 1 amide bonds. The molecule has 3 aliphatic rings. The largest absolute Gasteiger partial charge is 0.381 e. The van der Waals surface area contributed by atoms with Gasteiger partial charge in [0.05, 0.1) is 6.61 Å². The van der Waals surface area contributed by atoms with Crippen LogP contribution in [0.1, 0.15) is 37.2 Å². The Kier molecular flexibility index (Phi) is 3.87. The lowest BCUT2D eigenvalue weighted by Crippen LogP contribution is -2.38. The number of hydrogen-bond acceptors (Lipinski definition) is 2. The summed E-state index contributed by atoms with van der Waals surface area (Å²) in [5.74, 6) is 1.43. The maximum atomic E-state index is 12.9. The molecule has 1 aliphatic heterocycles. The molecule has 1 aromatic rings. The van der Waals surface area contributed by atoms with Crippen LogP contribution in [0.15, 0.2) is 24.3 Å². The van der Waals surface area contributed by atoms with Gasteiger partial charge in [0.15, 0.2) is 0 Å². The van der Waals surface area contributed by atoms with Gasteiger partial charge in [-0.25, -0.2) is 0 Å². The summed E-state index contributed by atoms with van der Waals surface area (Å²) < 4.78 is 5.46. The Labute approximate surface area is 136 Å². The first-order chi connectivity index (χ1) is 10.7. The zero-order valence-corrected chi connectivity index (χ0v) is 13.5. The summed E-state index contributed by atoms with van der Waals surface area (Å²) in [5.41, 5.74) is 1.21. The van der Waals surface area contributed by atoms with Gasteiger partial charge in [-0.3, -0.25) is 4.79 Å². The molecule has 2 aliphatic carbocycles. The second kappa shape index (κ2) is 5.86. The Hall–Kier alpha value is -1.06. The van der Waals surface area contributed by atoms with E-state index in [9.17, 15) is 4.79 Å². The molecule has 0 spiro atoms. The Morgan fingerprint density at radius 1 is 1.32 bits per heavy atom. The molecule has 0 N–H and O–H groups in total. The van der Waals surface area contributed by atoms with Gasteiger partial charge in [-0.2, -0.15) is 0 Å². The normalized spacial score (nSPS) is 30.3. The number of hydrogen-bond donors (Lipinski definition) is 0. The highest BCUT2D eigenvalue weighted by molar-refractivity contribution is 6.30. The first-order valence-electron chi connectivity index (χ1n) is 8.36. The number of amides is 1. The quantitative estimate of drug-likeness (QED) is 0.831. The number of halogens is 1. The lowest BCUT2D eigenvalue weighted by molar-refractivity contribution is -0.134. The summed E-state index contributed by atoms with van der Waals surface area (Å²) in [5, 5.41) is 0.762. The van der Waals surface area contributed by atoms with Crippen LogP contribution in [0.5, 0.6) is 0 Å². The highest BCUT2D eigenvalue weighted by atomic mass is 35.5. The van der Waals surface area contributed by atoms with Crippen LogP contribution in [-0.2, 0) is 9.53 Å². The third-order valence-corrected chi connectivity index (χ3v) is 5.37. The minimum Gasteiger partial charge on any atom is -0.381 e. The fraction of sp³-hybridized carbons (Fsp3) is 0.611. The van der Waals surface area contributed by atoms with Crippen LogP contribution in [0.3, 0.4) is 0 Å². The van der Waals surface area contributed by atoms with Gasteiger partial charge in [-0.05, 0) is 49.3 Å². The van der Waals surface area contributed by atoms with E-state index in [-0.39, 0.29) is 5.92 Å². The molecule has 1 heterocycles. The van der Waals surface area contributed by atoms with Gasteiger partial charge >= 0.3 is 0 Å². The molecule has 4 heteroatoms. The van der Waals surface area contributed by atoms with Gasteiger partial charge in [0.25, 0.3) is 0 Å². The first-order valence-corrected chi connectivity index (χ1v) is 8.74. The van der Waals surface area contributed by atoms with Crippen LogP contribution >= 0.6 is 11.6 Å². The maximum absolute atomic E-state index is 12.9. The van der Waals surface area contributed by atoms with Crippen molar-refractivity contribution in [3.05, 3.63) is 34.9 Å². The fourth-order valence-electron chi connectivity index (χ4n) is 3.60. The van der Waals surface area contributed by atoms with Gasteiger partial charge in [0.2, 0.25) is 5.91 Å². The highest BCUT2D eigenvalue weighted by Gasteiger charge is 2.48. The Bertz CT molecular complexity index is 566. The molecule has 1 aromatic carbocycles. The first kappa shape index (κ1) is 14.5. The lowest BCUT2D eigenvalue weighted by Gasteiger charge is -2.25. The summed E-state index contributed by atoms with van der Waals surface area (Å²) in [6, 6.07) is 8.46. The van der Waals surface area contributed by atoms with Crippen LogP contribution in [0.25, 0.3) is 0 Å². The van der Waals surface area contributed by atoms with E-state index < -0.39 is 0 Å². The topological polar surface area (TPSA) is 29.5 Å². The Morgan fingerprint density at radius 2 is 2.18 bits per heavy atom. The molecule has 0 unspecified atom stereocenters. The minimum atomic E-state index is 0.168. The highest BCUT2D eigenvalue weighted by Crippen LogP contribution is 2.50. The predicted molar refractivity (Wildman–Crippen MR) is 86.0 cm³/mol. The van der Waals surface area contributed by atoms with Crippen molar-refractivity contribution < 1.29 is 9.53 Å². The average molecular weight is 320 g/mol. The van der Waals surface area contributed by atoms with E-state index in [1.165, 1.54) is 18.4 Å². The van der Waals surface area contributed by atoms with E-state index in [0.29, 0.717) is 23.8 Å². The molecule has 4 rings (SSSR count). The van der Waals surface area contributed by atoms with Gasteiger partial charge < -0.3 is 9.64 Å². The molecule has 1 saturated heterocycles. The Balaban J connectivity index is 1.42. The van der Waals surface area contributed by atoms with Crippen molar-refractivity contribution in [2.24, 2.45) is 11.8 Å². The van der Waals surface area contributed by atoms with Crippen molar-refractivity contribution in [2.75, 3.05) is 19.8 Å². The third-order valence-electron chi connectivity index (χ3n) is 5.13. The summed E-state index contributed by atoms with van der Waals surface area (Å²) in [6.45, 7) is 2.56. The van der Waals surface area contributed by atoms with Crippen molar-refractivity contribution in [2.45, 2.75) is 37.6 Å². The van der Waals surface area contributed by atoms with Crippen molar-refractivity contribution in [3.8, 4) is 0 Å². The van der Waals surface area contributed by atoms with Gasteiger partial charge in [-0.15, -0.1) is 0 Å². The number of nitrogens with zero attached hydrogens (tertiary/aromatic N) is 1. The lowest BCUT2D eigenvalue weighted by atomic mass is 10.1. The summed E-state index contributed by atoms with van der Waals surface area (Å²) in [7, 11) is 0. The molecule has 3 nitrogen and oxygen atoms in total. The van der Waals surface area contributed by atoms with E-state index in [2.05, 4.69) is 11.0 Å². The number of carbonyl (C=O) groups excluding carboxylic acids is 1. The van der Waals surface area contributed by atoms with Gasteiger partial charge in [0, 0.05) is 36.1 Å². The maximum Gasteiger partial charge on any atom is 0.226 e. The number of ether oxygens (including phenoxy) is 1. The fourth-order valence-corrected chi connectivity index (χ4v) is 3.80. The molecule has 0 radical (unpaired) electrons. The third kappa shape index (κ3) is 3.02. The van der Waals surface area contributed by atoms with E-state index in [1.807, 2.05) is 18.2 Å². The molecule has 0 bridgehead atoms. The van der Waals surface area contributed by atoms with Crippen LogP contribution in [0.2, 0.25) is 5.02 Å². The molecular weight excluding hydrogens is 298 g/mol. The zero-order chi connectivity index (χ0) is 15.1. The standard InChI is InChI=1S/C18H22ClNO2/c19-14-3-1-2-13(8-14)16-9-17(16)18(21)20(15-4-5-15)10-12-6-7-22-11-12/h1-3,8,12,15-17H,4-7,9-11H2/t12-,16+,17+/m0/s1.